The lowest BCUT2D eigenvalue weighted by atomic mass is 10.1. The summed E-state index contributed by atoms with van der Waals surface area (Å²) >= 11 is 0. The third-order valence-electron chi connectivity index (χ3n) is 3.56. The number of hydrogen-bond acceptors (Lipinski definition) is 5. The van der Waals surface area contributed by atoms with Gasteiger partial charge in [-0.05, 0) is 25.1 Å². The number of benzene rings is 1. The number of carbonyl (C=O) groups excluding carboxylic acids is 3. The minimum atomic E-state index is -0.704. The zero-order chi connectivity index (χ0) is 18.6. The summed E-state index contributed by atoms with van der Waals surface area (Å²) in [5.41, 5.74) is 0.191. The normalized spacial score (nSPS) is 16.4. The summed E-state index contributed by atoms with van der Waals surface area (Å²) < 4.78 is 24.2. The molecule has 0 aliphatic carbocycles. The summed E-state index contributed by atoms with van der Waals surface area (Å²) in [7, 11) is 0. The molecule has 1 heterocycles. The molecular formula is C17H19FN2O5. The van der Waals surface area contributed by atoms with E-state index in [0.717, 1.165) is 6.07 Å². The first-order valence-electron chi connectivity index (χ1n) is 7.72. The van der Waals surface area contributed by atoms with E-state index >= 15 is 0 Å². The second-order valence-corrected chi connectivity index (χ2v) is 5.42. The molecule has 8 heteroatoms. The predicted molar refractivity (Wildman–Crippen MR) is 88.4 cm³/mol. The Balaban J connectivity index is 2.12. The summed E-state index contributed by atoms with van der Waals surface area (Å²) in [6.07, 6.45) is -1.15. The SMILES string of the molecule is C=C(C(=O)OCC)c1ccc(N2CC(CNC(C)=O)OC2=O)cc1F. The highest BCUT2D eigenvalue weighted by Crippen LogP contribution is 2.26. The van der Waals surface area contributed by atoms with Crippen molar-refractivity contribution < 1.29 is 28.2 Å². The highest BCUT2D eigenvalue weighted by molar-refractivity contribution is 6.15. The Hall–Kier alpha value is -2.90. The minimum Gasteiger partial charge on any atom is -0.462 e. The van der Waals surface area contributed by atoms with Crippen LogP contribution in [0.15, 0.2) is 24.8 Å². The lowest BCUT2D eigenvalue weighted by Gasteiger charge is -2.15. The van der Waals surface area contributed by atoms with E-state index in [9.17, 15) is 18.8 Å². The number of halogens is 1. The van der Waals surface area contributed by atoms with Crippen molar-refractivity contribution in [1.82, 2.24) is 5.32 Å². The molecule has 7 nitrogen and oxygen atoms in total. The minimum absolute atomic E-state index is 0.00422. The third-order valence-corrected chi connectivity index (χ3v) is 3.56. The molecule has 1 N–H and O–H groups in total. The average Bonchev–Trinajstić information content (AvgIpc) is 2.93. The Labute approximate surface area is 144 Å². The van der Waals surface area contributed by atoms with Crippen molar-refractivity contribution in [3.63, 3.8) is 0 Å². The average molecular weight is 350 g/mol. The lowest BCUT2D eigenvalue weighted by Crippen LogP contribution is -2.33. The molecule has 1 aliphatic heterocycles. The quantitative estimate of drug-likeness (QED) is 0.625. The summed E-state index contributed by atoms with van der Waals surface area (Å²) in [5, 5.41) is 2.56. The van der Waals surface area contributed by atoms with E-state index in [1.54, 1.807) is 6.92 Å². The first-order chi connectivity index (χ1) is 11.8. The van der Waals surface area contributed by atoms with Gasteiger partial charge >= 0.3 is 12.1 Å². The number of amides is 2. The van der Waals surface area contributed by atoms with E-state index in [-0.39, 0.29) is 42.4 Å². The van der Waals surface area contributed by atoms with Gasteiger partial charge in [0.2, 0.25) is 5.91 Å². The monoisotopic (exact) mass is 350 g/mol. The molecule has 0 saturated carbocycles. The van der Waals surface area contributed by atoms with Crippen LogP contribution in [-0.4, -0.2) is 43.8 Å². The first kappa shape index (κ1) is 18.4. The van der Waals surface area contributed by atoms with Crippen molar-refractivity contribution in [3.8, 4) is 0 Å². The summed E-state index contributed by atoms with van der Waals surface area (Å²) in [6.45, 7) is 7.05. The van der Waals surface area contributed by atoms with Crippen LogP contribution in [0.4, 0.5) is 14.9 Å². The Kier molecular flexibility index (Phi) is 5.74. The molecule has 1 fully saturated rings. The van der Waals surface area contributed by atoms with Crippen LogP contribution in [0, 0.1) is 5.82 Å². The number of ether oxygens (including phenoxy) is 2. The van der Waals surface area contributed by atoms with Gasteiger partial charge in [0, 0.05) is 12.5 Å². The molecule has 2 amide bonds. The molecule has 1 unspecified atom stereocenters. The van der Waals surface area contributed by atoms with Crippen LogP contribution >= 0.6 is 0 Å². The zero-order valence-corrected chi connectivity index (χ0v) is 14.0. The maximum Gasteiger partial charge on any atom is 0.414 e. The van der Waals surface area contributed by atoms with Crippen molar-refractivity contribution in [1.29, 1.82) is 0 Å². The van der Waals surface area contributed by atoms with E-state index in [1.807, 2.05) is 0 Å². The molecule has 0 radical (unpaired) electrons. The largest absolute Gasteiger partial charge is 0.462 e. The molecule has 1 saturated heterocycles. The molecular weight excluding hydrogens is 331 g/mol. The zero-order valence-electron chi connectivity index (χ0n) is 14.0. The van der Waals surface area contributed by atoms with Crippen LogP contribution in [-0.2, 0) is 19.1 Å². The number of nitrogens with zero attached hydrogens (tertiary/aromatic N) is 1. The van der Waals surface area contributed by atoms with E-state index in [1.165, 1.54) is 24.0 Å². The van der Waals surface area contributed by atoms with Crippen LogP contribution in [0.25, 0.3) is 5.57 Å². The van der Waals surface area contributed by atoms with E-state index in [0.29, 0.717) is 0 Å². The van der Waals surface area contributed by atoms with Gasteiger partial charge in [-0.25, -0.2) is 14.0 Å². The van der Waals surface area contributed by atoms with Crippen molar-refractivity contribution >= 4 is 29.2 Å². The number of esters is 1. The maximum absolute atomic E-state index is 14.3. The van der Waals surface area contributed by atoms with Crippen molar-refractivity contribution in [2.45, 2.75) is 20.0 Å². The van der Waals surface area contributed by atoms with Gasteiger partial charge in [0.25, 0.3) is 0 Å². The van der Waals surface area contributed by atoms with Crippen molar-refractivity contribution in [2.24, 2.45) is 0 Å². The molecule has 1 aliphatic rings. The molecule has 1 aromatic carbocycles. The van der Waals surface area contributed by atoms with Crippen LogP contribution in [0.5, 0.6) is 0 Å². The van der Waals surface area contributed by atoms with Crippen LogP contribution in [0.2, 0.25) is 0 Å². The van der Waals surface area contributed by atoms with Gasteiger partial charge in [-0.2, -0.15) is 0 Å². The Morgan fingerprint density at radius 2 is 2.20 bits per heavy atom. The molecule has 0 bridgehead atoms. The van der Waals surface area contributed by atoms with Crippen molar-refractivity contribution in [2.75, 3.05) is 24.6 Å². The third kappa shape index (κ3) is 4.34. The first-order valence-corrected chi connectivity index (χ1v) is 7.72. The summed E-state index contributed by atoms with van der Waals surface area (Å²) in [4.78, 5) is 35.8. The fourth-order valence-electron chi connectivity index (χ4n) is 2.34. The second-order valence-electron chi connectivity index (χ2n) is 5.42. The highest BCUT2D eigenvalue weighted by Gasteiger charge is 2.32. The number of hydrogen-bond donors (Lipinski definition) is 1. The Morgan fingerprint density at radius 3 is 2.80 bits per heavy atom. The standard InChI is InChI=1S/C17H19FN2O5/c1-4-24-16(22)10(2)14-6-5-12(7-15(14)18)20-9-13(25-17(20)23)8-19-11(3)21/h5-7,13H,2,4,8-9H2,1,3H3,(H,19,21). The molecule has 0 spiro atoms. The van der Waals surface area contributed by atoms with Gasteiger partial charge in [0.1, 0.15) is 11.9 Å². The fourth-order valence-corrected chi connectivity index (χ4v) is 2.34. The Bertz CT molecular complexity index is 719. The van der Waals surface area contributed by atoms with Crippen molar-refractivity contribution in [3.05, 3.63) is 36.2 Å². The Morgan fingerprint density at radius 1 is 1.48 bits per heavy atom. The molecule has 1 atom stereocenters. The van der Waals surface area contributed by atoms with Crippen LogP contribution in [0.1, 0.15) is 19.4 Å². The maximum atomic E-state index is 14.3. The molecule has 1 aromatic rings. The summed E-state index contributed by atoms with van der Waals surface area (Å²) in [6, 6.07) is 3.98. The number of nitrogens with one attached hydrogen (secondary N) is 1. The van der Waals surface area contributed by atoms with Gasteiger partial charge in [-0.15, -0.1) is 0 Å². The van der Waals surface area contributed by atoms with E-state index < -0.39 is 24.0 Å². The molecule has 2 rings (SSSR count). The lowest BCUT2D eigenvalue weighted by molar-refractivity contribution is -0.136. The molecule has 25 heavy (non-hydrogen) atoms. The van der Waals surface area contributed by atoms with Gasteiger partial charge in [0.05, 0.1) is 31.0 Å². The number of anilines is 1. The highest BCUT2D eigenvalue weighted by atomic mass is 19.1. The number of rotatable bonds is 6. The smallest absolute Gasteiger partial charge is 0.414 e. The van der Waals surface area contributed by atoms with Gasteiger partial charge in [0.15, 0.2) is 0 Å². The number of cyclic esters (lactones) is 1. The second kappa shape index (κ2) is 7.78. The van der Waals surface area contributed by atoms with Crippen LogP contribution < -0.4 is 10.2 Å². The predicted octanol–water partition coefficient (Wildman–Crippen LogP) is 1.86. The number of carbonyl (C=O) groups is 3. The molecule has 0 aromatic heterocycles. The van der Waals surface area contributed by atoms with Gasteiger partial charge < -0.3 is 14.8 Å². The van der Waals surface area contributed by atoms with Crippen LogP contribution in [0.3, 0.4) is 0 Å². The molecule has 134 valence electrons. The fraction of sp³-hybridized carbons (Fsp3) is 0.353. The topological polar surface area (TPSA) is 84.9 Å². The summed E-state index contributed by atoms with van der Waals surface area (Å²) in [5.74, 6) is -1.64. The van der Waals surface area contributed by atoms with E-state index in [4.69, 9.17) is 9.47 Å². The van der Waals surface area contributed by atoms with E-state index in [2.05, 4.69) is 11.9 Å². The van der Waals surface area contributed by atoms with Gasteiger partial charge in [-0.3, -0.25) is 9.69 Å². The van der Waals surface area contributed by atoms with Gasteiger partial charge in [-0.1, -0.05) is 6.58 Å².